The molecule has 0 spiro atoms. The zero-order valence-corrected chi connectivity index (χ0v) is 17.1. The fourth-order valence-corrected chi connectivity index (χ4v) is 4.01. The van der Waals surface area contributed by atoms with Gasteiger partial charge in [-0.05, 0) is 16.7 Å². The van der Waals surface area contributed by atoms with Crippen molar-refractivity contribution in [3.05, 3.63) is 108 Å². The lowest BCUT2D eigenvalue weighted by molar-refractivity contribution is -0.358. The molecule has 0 radical (unpaired) electrons. The Bertz CT molecular complexity index is 851. The first-order valence-corrected chi connectivity index (χ1v) is 10.1. The highest BCUT2D eigenvalue weighted by atomic mass is 16.8. The van der Waals surface area contributed by atoms with E-state index in [0.717, 1.165) is 16.7 Å². The molecule has 31 heavy (non-hydrogen) atoms. The van der Waals surface area contributed by atoms with Crippen LogP contribution >= 0.6 is 0 Å². The fraction of sp³-hybridized carbons (Fsp3) is 0.280. The van der Waals surface area contributed by atoms with Gasteiger partial charge >= 0.3 is 0 Å². The number of hydrogen-bond acceptors (Lipinski definition) is 6. The van der Waals surface area contributed by atoms with Gasteiger partial charge in [-0.2, -0.15) is 0 Å². The Morgan fingerprint density at radius 1 is 0.613 bits per heavy atom. The van der Waals surface area contributed by atoms with E-state index < -0.39 is 36.5 Å². The van der Waals surface area contributed by atoms with Crippen molar-refractivity contribution in [2.45, 2.75) is 36.5 Å². The highest BCUT2D eigenvalue weighted by Gasteiger charge is 2.49. The summed E-state index contributed by atoms with van der Waals surface area (Å²) in [6.45, 7) is 0. The van der Waals surface area contributed by atoms with Crippen LogP contribution in [0.1, 0.15) is 16.7 Å². The molecule has 1 saturated heterocycles. The van der Waals surface area contributed by atoms with Crippen molar-refractivity contribution in [2.24, 2.45) is 0 Å². The molecule has 3 aromatic carbocycles. The molecule has 6 nitrogen and oxygen atoms in total. The van der Waals surface area contributed by atoms with Crippen molar-refractivity contribution < 1.29 is 29.5 Å². The molecule has 6 heteroatoms. The summed E-state index contributed by atoms with van der Waals surface area (Å²) in [6.07, 6.45) is -6.81. The van der Waals surface area contributed by atoms with Crippen LogP contribution in [0.15, 0.2) is 91.0 Å². The topological polar surface area (TPSA) is 88.4 Å². The van der Waals surface area contributed by atoms with Gasteiger partial charge in [-0.15, -0.1) is 0 Å². The Morgan fingerprint density at radius 2 is 1.00 bits per heavy atom. The fourth-order valence-electron chi connectivity index (χ4n) is 4.01. The zero-order valence-electron chi connectivity index (χ0n) is 17.1. The summed E-state index contributed by atoms with van der Waals surface area (Å²) in [4.78, 5) is 0. The molecule has 0 saturated carbocycles. The van der Waals surface area contributed by atoms with Gasteiger partial charge in [-0.1, -0.05) is 91.0 Å². The average Bonchev–Trinajstić information content (AvgIpc) is 2.84. The minimum absolute atomic E-state index is 0.817. The van der Waals surface area contributed by atoms with Gasteiger partial charge in [0.1, 0.15) is 23.9 Å². The minimum atomic E-state index is -1.50. The first-order chi connectivity index (χ1) is 15.1. The van der Waals surface area contributed by atoms with E-state index in [2.05, 4.69) is 0 Å². The number of rotatable bonds is 6. The third-order valence-corrected chi connectivity index (χ3v) is 5.59. The smallest absolute Gasteiger partial charge is 0.191 e. The van der Waals surface area contributed by atoms with Crippen molar-refractivity contribution in [3.63, 3.8) is 0 Å². The molecule has 3 N–H and O–H groups in total. The normalized spacial score (nSPS) is 26.5. The van der Waals surface area contributed by atoms with E-state index in [1.165, 1.54) is 7.11 Å². The lowest BCUT2D eigenvalue weighted by Gasteiger charge is -2.45. The Kier molecular flexibility index (Phi) is 6.48. The van der Waals surface area contributed by atoms with Crippen LogP contribution in [0.4, 0.5) is 0 Å². The quantitative estimate of drug-likeness (QED) is 0.529. The van der Waals surface area contributed by atoms with Gasteiger partial charge in [0.2, 0.25) is 0 Å². The van der Waals surface area contributed by atoms with Gasteiger partial charge in [0.15, 0.2) is 12.6 Å². The minimum Gasteiger partial charge on any atom is -0.387 e. The molecule has 0 aliphatic carbocycles. The second kappa shape index (κ2) is 9.28. The van der Waals surface area contributed by atoms with Crippen molar-refractivity contribution in [3.8, 4) is 0 Å². The third kappa shape index (κ3) is 4.02. The van der Waals surface area contributed by atoms with Crippen LogP contribution in [0, 0.1) is 0 Å². The zero-order chi connectivity index (χ0) is 21.8. The summed E-state index contributed by atoms with van der Waals surface area (Å²) >= 11 is 0. The van der Waals surface area contributed by atoms with Crippen molar-refractivity contribution in [2.75, 3.05) is 7.11 Å². The van der Waals surface area contributed by atoms with Crippen LogP contribution in [0.5, 0.6) is 0 Å². The molecule has 0 unspecified atom stereocenters. The molecular weight excluding hydrogens is 396 g/mol. The summed E-state index contributed by atoms with van der Waals surface area (Å²) in [7, 11) is 1.36. The highest BCUT2D eigenvalue weighted by Crippen LogP contribution is 2.43. The number of hydrogen-bond donors (Lipinski definition) is 3. The van der Waals surface area contributed by atoms with Crippen LogP contribution in [0.2, 0.25) is 0 Å². The summed E-state index contributed by atoms with van der Waals surface area (Å²) in [5.41, 5.74) is 1.30. The van der Waals surface area contributed by atoms with Crippen LogP contribution < -0.4 is 0 Å². The summed E-state index contributed by atoms with van der Waals surface area (Å²) in [5, 5.41) is 31.3. The first-order valence-electron chi connectivity index (χ1n) is 10.1. The third-order valence-electron chi connectivity index (χ3n) is 5.59. The van der Waals surface area contributed by atoms with E-state index in [4.69, 9.17) is 14.2 Å². The van der Waals surface area contributed by atoms with Crippen LogP contribution in [0.3, 0.4) is 0 Å². The maximum absolute atomic E-state index is 10.7. The van der Waals surface area contributed by atoms with Gasteiger partial charge in [-0.25, -0.2) is 0 Å². The molecule has 1 aliphatic heterocycles. The standard InChI is InChI=1S/C25H26O6/c1-29-23-21(27)20(26)22(28)24(30-23)31-25(17-11-5-2-6-12-17,18-13-7-3-8-14-18)19-15-9-4-10-16-19/h2-16,20-24,26-28H,1H3/t20-,21-,22+,23+,24-/m1/s1. The van der Waals surface area contributed by atoms with Crippen molar-refractivity contribution >= 4 is 0 Å². The van der Waals surface area contributed by atoms with Crippen LogP contribution in [0.25, 0.3) is 0 Å². The summed E-state index contributed by atoms with van der Waals surface area (Å²) in [6, 6.07) is 28.8. The number of benzene rings is 3. The van der Waals surface area contributed by atoms with E-state index in [0.29, 0.717) is 0 Å². The molecule has 0 aromatic heterocycles. The van der Waals surface area contributed by atoms with Crippen LogP contribution in [-0.4, -0.2) is 53.3 Å². The van der Waals surface area contributed by atoms with E-state index >= 15 is 0 Å². The number of aliphatic hydroxyl groups excluding tert-OH is 3. The van der Waals surface area contributed by atoms with Crippen LogP contribution in [-0.2, 0) is 19.8 Å². The molecule has 1 aliphatic rings. The lowest BCUT2D eigenvalue weighted by atomic mass is 9.80. The SMILES string of the molecule is CO[C@H]1O[C@H](OC(c2ccccc2)(c2ccccc2)c2ccccc2)[C@@H](O)[C@H](O)[C@H]1O. The van der Waals surface area contributed by atoms with E-state index in [9.17, 15) is 15.3 Å². The second-order valence-electron chi connectivity index (χ2n) is 7.48. The van der Waals surface area contributed by atoms with E-state index in [1.807, 2.05) is 91.0 Å². The molecule has 4 rings (SSSR count). The first kappa shape index (κ1) is 21.6. The van der Waals surface area contributed by atoms with Gasteiger partial charge in [0.05, 0.1) is 0 Å². The Morgan fingerprint density at radius 3 is 1.39 bits per heavy atom. The van der Waals surface area contributed by atoms with Crippen molar-refractivity contribution in [1.29, 1.82) is 0 Å². The number of methoxy groups -OCH3 is 1. The van der Waals surface area contributed by atoms with E-state index in [1.54, 1.807) is 0 Å². The monoisotopic (exact) mass is 422 g/mol. The van der Waals surface area contributed by atoms with Gasteiger partial charge < -0.3 is 29.5 Å². The Balaban J connectivity index is 1.88. The Hall–Kier alpha value is -2.58. The molecule has 1 heterocycles. The molecule has 0 bridgehead atoms. The second-order valence-corrected chi connectivity index (χ2v) is 7.48. The number of ether oxygens (including phenoxy) is 3. The summed E-state index contributed by atoms with van der Waals surface area (Å²) in [5.74, 6) is 0. The van der Waals surface area contributed by atoms with Gasteiger partial charge in [0.25, 0.3) is 0 Å². The molecule has 162 valence electrons. The maximum Gasteiger partial charge on any atom is 0.191 e. The summed E-state index contributed by atoms with van der Waals surface area (Å²) < 4.78 is 17.5. The highest BCUT2D eigenvalue weighted by molar-refractivity contribution is 5.47. The molecule has 0 amide bonds. The lowest BCUT2D eigenvalue weighted by Crippen LogP contribution is -2.60. The molecule has 3 aromatic rings. The predicted octanol–water partition coefficient (Wildman–Crippen LogP) is 2.41. The Labute approximate surface area is 181 Å². The van der Waals surface area contributed by atoms with E-state index in [-0.39, 0.29) is 0 Å². The maximum atomic E-state index is 10.7. The van der Waals surface area contributed by atoms with Gasteiger partial charge in [-0.3, -0.25) is 0 Å². The molecule has 1 fully saturated rings. The predicted molar refractivity (Wildman–Crippen MR) is 114 cm³/mol. The average molecular weight is 422 g/mol. The number of aliphatic hydroxyl groups is 3. The largest absolute Gasteiger partial charge is 0.387 e. The van der Waals surface area contributed by atoms with Gasteiger partial charge in [0, 0.05) is 7.11 Å². The van der Waals surface area contributed by atoms with Crippen molar-refractivity contribution in [1.82, 2.24) is 0 Å². The molecular formula is C25H26O6. The molecule has 5 atom stereocenters.